The largest absolute Gasteiger partial charge is 0.362 e. The third kappa shape index (κ3) is 6.16. The molecule has 0 aromatic heterocycles. The van der Waals surface area contributed by atoms with Gasteiger partial charge in [-0.2, -0.15) is 4.72 Å². The van der Waals surface area contributed by atoms with E-state index in [1.165, 1.54) is 25.7 Å². The molecule has 0 radical (unpaired) electrons. The summed E-state index contributed by atoms with van der Waals surface area (Å²) in [5.41, 5.74) is 3.37. The normalized spacial score (nSPS) is 36.4. The maximum atomic E-state index is 14.1. The smallest absolute Gasteiger partial charge is 0.216 e. The Kier molecular flexibility index (Phi) is 8.11. The average Bonchev–Trinajstić information content (AvgIpc) is 3.64. The quantitative estimate of drug-likeness (QED) is 0.476. The summed E-state index contributed by atoms with van der Waals surface area (Å²) in [7, 11) is -3.56. The Labute approximate surface area is 240 Å². The van der Waals surface area contributed by atoms with E-state index in [0.29, 0.717) is 55.2 Å². The van der Waals surface area contributed by atoms with Crippen LogP contribution < -0.4 is 15.4 Å². The Morgan fingerprint density at radius 1 is 1.10 bits per heavy atom. The van der Waals surface area contributed by atoms with E-state index in [9.17, 15) is 12.8 Å². The van der Waals surface area contributed by atoms with E-state index in [2.05, 4.69) is 34.1 Å². The molecule has 3 saturated carbocycles. The summed E-state index contributed by atoms with van der Waals surface area (Å²) in [6.07, 6.45) is 9.54. The van der Waals surface area contributed by atoms with E-state index < -0.39 is 16.3 Å². The Hall–Kier alpha value is -1.10. The highest BCUT2D eigenvalue weighted by Crippen LogP contribution is 2.62. The van der Waals surface area contributed by atoms with Gasteiger partial charge in [0.05, 0.1) is 11.9 Å². The van der Waals surface area contributed by atoms with Crippen LogP contribution in [-0.4, -0.2) is 56.3 Å². The molecule has 224 valence electrons. The van der Waals surface area contributed by atoms with Crippen LogP contribution in [0.3, 0.4) is 0 Å². The molecule has 40 heavy (non-hydrogen) atoms. The molecule has 5 fully saturated rings. The van der Waals surface area contributed by atoms with Gasteiger partial charge in [0.2, 0.25) is 10.0 Å². The van der Waals surface area contributed by atoms with Crippen LogP contribution in [0.15, 0.2) is 12.1 Å². The molecule has 7 nitrogen and oxygen atoms in total. The van der Waals surface area contributed by atoms with Crippen molar-refractivity contribution in [2.24, 2.45) is 17.3 Å². The van der Waals surface area contributed by atoms with E-state index >= 15 is 0 Å². The van der Waals surface area contributed by atoms with Crippen molar-refractivity contribution >= 4 is 10.0 Å². The maximum absolute atomic E-state index is 14.1. The van der Waals surface area contributed by atoms with Crippen LogP contribution in [0.5, 0.6) is 0 Å². The highest BCUT2D eigenvalue weighted by molar-refractivity contribution is 7.90. The topological polar surface area (TPSA) is 82.7 Å². The lowest BCUT2D eigenvalue weighted by Gasteiger charge is -2.49. The lowest BCUT2D eigenvalue weighted by atomic mass is 9.74. The fourth-order valence-corrected chi connectivity index (χ4v) is 9.98. The Morgan fingerprint density at radius 3 is 2.50 bits per heavy atom. The van der Waals surface area contributed by atoms with Gasteiger partial charge in [-0.1, -0.05) is 20.3 Å². The first-order valence-corrected chi connectivity index (χ1v) is 17.2. The molecular weight excluding hydrogens is 527 g/mol. The number of benzene rings is 1. The predicted molar refractivity (Wildman–Crippen MR) is 155 cm³/mol. The predicted octanol–water partition coefficient (Wildman–Crippen LogP) is 4.84. The van der Waals surface area contributed by atoms with Gasteiger partial charge in [-0.25, -0.2) is 12.8 Å². The van der Waals surface area contributed by atoms with Crippen molar-refractivity contribution in [1.29, 1.82) is 0 Å². The third-order valence-electron chi connectivity index (χ3n) is 10.5. The number of sulfonamides is 1. The summed E-state index contributed by atoms with van der Waals surface area (Å²) in [6, 6.07) is 3.86. The average molecular weight is 577 g/mol. The lowest BCUT2D eigenvalue weighted by Crippen LogP contribution is -2.64. The molecule has 5 unspecified atom stereocenters. The second kappa shape index (κ2) is 11.2. The van der Waals surface area contributed by atoms with E-state index in [-0.39, 0.29) is 23.3 Å². The van der Waals surface area contributed by atoms with Crippen molar-refractivity contribution in [3.63, 3.8) is 0 Å². The van der Waals surface area contributed by atoms with Gasteiger partial charge in [-0.15, -0.1) is 0 Å². The molecule has 6 rings (SSSR count). The standard InChI is InChI=1S/C31H49FN4O3S/c1-19(2)10-24-18-39-28-14-27(29-20(3)11-23(32)12-21(29)4)33-30(34-28)35-40(37,38)26-7-5-6-22(13-26)17-36(24)25-15-31(16-25)8-9-31/h11-12,19,22,24-28,30,33-35H,5-10,13-18H2,1-4H3/t22?,24-,26?,27?,28?,30?/m1/s1. The number of ether oxygens (including phenoxy) is 1. The molecular formula is C31H49FN4O3S. The van der Waals surface area contributed by atoms with Gasteiger partial charge in [0.25, 0.3) is 0 Å². The Morgan fingerprint density at radius 2 is 1.82 bits per heavy atom. The minimum atomic E-state index is -3.56. The van der Waals surface area contributed by atoms with Gasteiger partial charge in [0.15, 0.2) is 0 Å². The zero-order valence-corrected chi connectivity index (χ0v) is 25.5. The molecule has 1 aromatic carbocycles. The SMILES string of the molecule is Cc1cc(F)cc(C)c1C1CC2NC(N1)NS(=O)(=O)C1CCCC(C1)CN(C1CC3(CC3)C1)[C@H](CC(C)C)CO2. The fraction of sp³-hybridized carbons (Fsp3) is 0.806. The zero-order chi connectivity index (χ0) is 28.2. The zero-order valence-electron chi connectivity index (χ0n) is 24.7. The highest BCUT2D eigenvalue weighted by atomic mass is 32.2. The van der Waals surface area contributed by atoms with Gasteiger partial charge < -0.3 is 4.74 Å². The van der Waals surface area contributed by atoms with Gasteiger partial charge >= 0.3 is 0 Å². The van der Waals surface area contributed by atoms with Crippen LogP contribution in [0, 0.1) is 36.9 Å². The third-order valence-corrected chi connectivity index (χ3v) is 12.3. The van der Waals surface area contributed by atoms with E-state index in [0.717, 1.165) is 42.5 Å². The second-order valence-electron chi connectivity index (χ2n) is 14.2. The van der Waals surface area contributed by atoms with Gasteiger partial charge in [0.1, 0.15) is 18.3 Å². The van der Waals surface area contributed by atoms with E-state index in [4.69, 9.17) is 4.74 Å². The molecule has 2 aliphatic heterocycles. The monoisotopic (exact) mass is 576 g/mol. The number of aryl methyl sites for hydroxylation is 2. The Bertz CT molecular complexity index is 1160. The van der Waals surface area contributed by atoms with Crippen LogP contribution in [0.1, 0.15) is 101 Å². The highest BCUT2D eigenvalue weighted by Gasteiger charge is 2.55. The minimum absolute atomic E-state index is 0.162. The van der Waals surface area contributed by atoms with Crippen LogP contribution in [0.2, 0.25) is 0 Å². The van der Waals surface area contributed by atoms with E-state index in [1.54, 1.807) is 12.1 Å². The number of hydrogen-bond acceptors (Lipinski definition) is 6. The van der Waals surface area contributed by atoms with Crippen molar-refractivity contribution in [1.82, 2.24) is 20.3 Å². The van der Waals surface area contributed by atoms with Crippen molar-refractivity contribution in [3.8, 4) is 0 Å². The molecule has 9 heteroatoms. The first-order chi connectivity index (χ1) is 19.0. The maximum Gasteiger partial charge on any atom is 0.216 e. The van der Waals surface area contributed by atoms with Crippen LogP contribution in [0.4, 0.5) is 4.39 Å². The van der Waals surface area contributed by atoms with E-state index in [1.807, 2.05) is 13.8 Å². The summed E-state index contributed by atoms with van der Waals surface area (Å²) in [5.74, 6) is 0.691. The summed E-state index contributed by atoms with van der Waals surface area (Å²) in [5, 5.41) is 6.53. The molecule has 0 amide bonds. The van der Waals surface area contributed by atoms with Crippen LogP contribution in [0.25, 0.3) is 0 Å². The lowest BCUT2D eigenvalue weighted by molar-refractivity contribution is -0.0693. The first kappa shape index (κ1) is 29.0. The van der Waals surface area contributed by atoms with Crippen molar-refractivity contribution in [3.05, 3.63) is 34.6 Å². The molecule has 5 aliphatic rings. The van der Waals surface area contributed by atoms with Gasteiger partial charge in [0, 0.05) is 31.1 Å². The molecule has 3 N–H and O–H groups in total. The molecule has 6 atom stereocenters. The Balaban J connectivity index is 1.31. The summed E-state index contributed by atoms with van der Waals surface area (Å²) < 4.78 is 51.3. The molecule has 4 bridgehead atoms. The van der Waals surface area contributed by atoms with Crippen LogP contribution in [-0.2, 0) is 14.8 Å². The summed E-state index contributed by atoms with van der Waals surface area (Å²) >= 11 is 0. The number of halogens is 1. The van der Waals surface area contributed by atoms with Crippen molar-refractivity contribution < 1.29 is 17.5 Å². The minimum Gasteiger partial charge on any atom is -0.362 e. The number of hydrogen-bond donors (Lipinski definition) is 3. The van der Waals surface area contributed by atoms with Gasteiger partial charge in [-0.3, -0.25) is 15.5 Å². The number of fused-ring (bicyclic) bond motifs is 4. The fourth-order valence-electron chi connectivity index (χ4n) is 8.32. The summed E-state index contributed by atoms with van der Waals surface area (Å²) in [4.78, 5) is 2.75. The second-order valence-corrected chi connectivity index (χ2v) is 16.2. The molecule has 1 spiro atoms. The first-order valence-electron chi connectivity index (χ1n) is 15.7. The number of nitrogens with zero attached hydrogens (tertiary/aromatic N) is 1. The van der Waals surface area contributed by atoms with Crippen LogP contribution >= 0.6 is 0 Å². The van der Waals surface area contributed by atoms with Crippen molar-refractivity contribution in [2.45, 2.75) is 128 Å². The molecule has 3 aliphatic carbocycles. The van der Waals surface area contributed by atoms with Gasteiger partial charge in [-0.05, 0) is 111 Å². The summed E-state index contributed by atoms with van der Waals surface area (Å²) in [6.45, 7) is 10.1. The molecule has 2 heterocycles. The number of rotatable bonds is 4. The number of nitrogens with one attached hydrogen (secondary N) is 3. The molecule has 1 aromatic rings. The molecule has 2 saturated heterocycles. The van der Waals surface area contributed by atoms with Crippen molar-refractivity contribution in [2.75, 3.05) is 13.2 Å².